The van der Waals surface area contributed by atoms with Crippen LogP contribution in [0.1, 0.15) is 12.8 Å². The number of nitrogens with one attached hydrogen (secondary N) is 1. The summed E-state index contributed by atoms with van der Waals surface area (Å²) in [6.45, 7) is 0.145. The Balaban J connectivity index is 2.11. The van der Waals surface area contributed by atoms with E-state index in [4.69, 9.17) is 5.11 Å². The molecule has 0 saturated carbocycles. The van der Waals surface area contributed by atoms with E-state index in [1.807, 2.05) is 24.3 Å². The number of hydrogen-bond acceptors (Lipinski definition) is 3. The van der Waals surface area contributed by atoms with E-state index in [0.717, 1.165) is 17.0 Å². The monoisotopic (exact) mass is 223 g/mol. The summed E-state index contributed by atoms with van der Waals surface area (Å²) in [5.41, 5.74) is 0.896. The van der Waals surface area contributed by atoms with E-state index < -0.39 is 0 Å². The van der Waals surface area contributed by atoms with Crippen molar-refractivity contribution >= 4 is 23.4 Å². The molecule has 1 unspecified atom stereocenters. The summed E-state index contributed by atoms with van der Waals surface area (Å²) in [6, 6.07) is 7.79. The van der Waals surface area contributed by atoms with Crippen molar-refractivity contribution in [2.45, 2.75) is 23.0 Å². The molecule has 0 aliphatic carbocycles. The summed E-state index contributed by atoms with van der Waals surface area (Å²) in [6.07, 6.45) is 1.40. The van der Waals surface area contributed by atoms with Gasteiger partial charge in [-0.1, -0.05) is 12.1 Å². The van der Waals surface area contributed by atoms with Crippen molar-refractivity contribution in [1.29, 1.82) is 0 Å². The topological polar surface area (TPSA) is 49.3 Å². The van der Waals surface area contributed by atoms with Crippen molar-refractivity contribution in [3.8, 4) is 0 Å². The van der Waals surface area contributed by atoms with Gasteiger partial charge in [0.05, 0.1) is 10.9 Å². The molecule has 80 valence electrons. The largest absolute Gasteiger partial charge is 0.396 e. The molecule has 2 rings (SSSR count). The molecule has 4 heteroatoms. The van der Waals surface area contributed by atoms with Crippen LogP contribution in [0.5, 0.6) is 0 Å². The Bertz CT molecular complexity index is 367. The first-order chi connectivity index (χ1) is 7.31. The SMILES string of the molecule is O=C1Nc2ccccc2SC1CCCO. The molecule has 1 atom stereocenters. The highest BCUT2D eigenvalue weighted by molar-refractivity contribution is 8.01. The molecule has 1 aromatic rings. The second-order valence-corrected chi connectivity index (χ2v) is 4.70. The van der Waals surface area contributed by atoms with Crippen LogP contribution >= 0.6 is 11.8 Å². The number of aliphatic hydroxyl groups excluding tert-OH is 1. The van der Waals surface area contributed by atoms with Crippen molar-refractivity contribution in [3.63, 3.8) is 0 Å². The molecule has 1 aliphatic rings. The molecule has 3 nitrogen and oxygen atoms in total. The minimum absolute atomic E-state index is 0.0483. The number of hydrogen-bond donors (Lipinski definition) is 2. The van der Waals surface area contributed by atoms with Gasteiger partial charge >= 0.3 is 0 Å². The van der Waals surface area contributed by atoms with Gasteiger partial charge in [0.25, 0.3) is 0 Å². The quantitative estimate of drug-likeness (QED) is 0.822. The Morgan fingerprint density at radius 3 is 3.00 bits per heavy atom. The standard InChI is InChI=1S/C11H13NO2S/c13-7-3-6-10-11(14)12-8-4-1-2-5-9(8)15-10/h1-2,4-5,10,13H,3,6-7H2,(H,12,14). The maximum absolute atomic E-state index is 11.6. The average Bonchev–Trinajstić information content (AvgIpc) is 2.26. The van der Waals surface area contributed by atoms with E-state index >= 15 is 0 Å². The van der Waals surface area contributed by atoms with Gasteiger partial charge in [0.1, 0.15) is 0 Å². The zero-order valence-corrected chi connectivity index (χ0v) is 9.09. The highest BCUT2D eigenvalue weighted by Crippen LogP contribution is 2.36. The Hall–Kier alpha value is -1.00. The summed E-state index contributed by atoms with van der Waals surface area (Å²) in [4.78, 5) is 12.8. The minimum atomic E-state index is -0.0629. The number of carbonyl (C=O) groups excluding carboxylic acids is 1. The lowest BCUT2D eigenvalue weighted by molar-refractivity contribution is -0.115. The molecular weight excluding hydrogens is 210 g/mol. The van der Waals surface area contributed by atoms with Gasteiger partial charge in [0.15, 0.2) is 0 Å². The lowest BCUT2D eigenvalue weighted by Crippen LogP contribution is -2.29. The lowest BCUT2D eigenvalue weighted by atomic mass is 10.2. The van der Waals surface area contributed by atoms with Gasteiger partial charge in [-0.25, -0.2) is 0 Å². The van der Waals surface area contributed by atoms with E-state index in [-0.39, 0.29) is 17.8 Å². The highest BCUT2D eigenvalue weighted by atomic mass is 32.2. The van der Waals surface area contributed by atoms with Crippen LogP contribution in [0.15, 0.2) is 29.2 Å². The van der Waals surface area contributed by atoms with Gasteiger partial charge in [-0.15, -0.1) is 11.8 Å². The number of amides is 1. The molecule has 15 heavy (non-hydrogen) atoms. The number of para-hydroxylation sites is 1. The number of rotatable bonds is 3. The van der Waals surface area contributed by atoms with Gasteiger partial charge in [0, 0.05) is 11.5 Å². The molecule has 1 aromatic carbocycles. The molecular formula is C11H13NO2S. The van der Waals surface area contributed by atoms with Crippen LogP contribution in [0.3, 0.4) is 0 Å². The van der Waals surface area contributed by atoms with Crippen LogP contribution in [-0.2, 0) is 4.79 Å². The van der Waals surface area contributed by atoms with E-state index in [9.17, 15) is 4.79 Å². The van der Waals surface area contributed by atoms with E-state index in [2.05, 4.69) is 5.32 Å². The second-order valence-electron chi connectivity index (χ2n) is 3.46. The maximum Gasteiger partial charge on any atom is 0.237 e. The molecule has 1 heterocycles. The Morgan fingerprint density at radius 1 is 1.40 bits per heavy atom. The Morgan fingerprint density at radius 2 is 2.20 bits per heavy atom. The molecule has 0 fully saturated rings. The minimum Gasteiger partial charge on any atom is -0.396 e. The zero-order chi connectivity index (χ0) is 10.7. The molecule has 1 amide bonds. The first kappa shape index (κ1) is 10.5. The van der Waals surface area contributed by atoms with Gasteiger partial charge in [-0.05, 0) is 25.0 Å². The molecule has 2 N–H and O–H groups in total. The molecule has 0 bridgehead atoms. The summed E-state index contributed by atoms with van der Waals surface area (Å²) in [5, 5.41) is 11.6. The van der Waals surface area contributed by atoms with Crippen LogP contribution < -0.4 is 5.32 Å². The number of fused-ring (bicyclic) bond motifs is 1. The predicted octanol–water partition coefficient (Wildman–Crippen LogP) is 1.87. The van der Waals surface area contributed by atoms with Crippen LogP contribution in [0.4, 0.5) is 5.69 Å². The number of anilines is 1. The Labute approximate surface area is 92.9 Å². The van der Waals surface area contributed by atoms with Crippen LogP contribution in [0, 0.1) is 0 Å². The molecule has 0 spiro atoms. The van der Waals surface area contributed by atoms with Crippen molar-refractivity contribution in [1.82, 2.24) is 0 Å². The third kappa shape index (κ3) is 2.33. The molecule has 1 aliphatic heterocycles. The van der Waals surface area contributed by atoms with Crippen molar-refractivity contribution < 1.29 is 9.90 Å². The van der Waals surface area contributed by atoms with Crippen LogP contribution in [-0.4, -0.2) is 22.9 Å². The van der Waals surface area contributed by atoms with Crippen molar-refractivity contribution in [2.75, 3.05) is 11.9 Å². The fourth-order valence-corrected chi connectivity index (χ4v) is 2.72. The molecule has 0 aromatic heterocycles. The fraction of sp³-hybridized carbons (Fsp3) is 0.364. The maximum atomic E-state index is 11.6. The van der Waals surface area contributed by atoms with Crippen LogP contribution in [0.2, 0.25) is 0 Å². The highest BCUT2D eigenvalue weighted by Gasteiger charge is 2.25. The number of carbonyl (C=O) groups is 1. The van der Waals surface area contributed by atoms with Crippen molar-refractivity contribution in [3.05, 3.63) is 24.3 Å². The molecule has 0 radical (unpaired) electrons. The van der Waals surface area contributed by atoms with Gasteiger partial charge in [-0.2, -0.15) is 0 Å². The van der Waals surface area contributed by atoms with Crippen LogP contribution in [0.25, 0.3) is 0 Å². The first-order valence-electron chi connectivity index (χ1n) is 4.98. The van der Waals surface area contributed by atoms with E-state index in [1.165, 1.54) is 0 Å². The molecule has 0 saturated heterocycles. The smallest absolute Gasteiger partial charge is 0.237 e. The zero-order valence-electron chi connectivity index (χ0n) is 8.27. The van der Waals surface area contributed by atoms with Gasteiger partial charge < -0.3 is 10.4 Å². The summed E-state index contributed by atoms with van der Waals surface area (Å²) in [5.74, 6) is 0.0483. The normalized spacial score (nSPS) is 19.5. The summed E-state index contributed by atoms with van der Waals surface area (Å²) in [7, 11) is 0. The third-order valence-electron chi connectivity index (χ3n) is 2.33. The van der Waals surface area contributed by atoms with Crippen molar-refractivity contribution in [2.24, 2.45) is 0 Å². The van der Waals surface area contributed by atoms with Gasteiger partial charge in [0.2, 0.25) is 5.91 Å². The number of thioether (sulfide) groups is 1. The summed E-state index contributed by atoms with van der Waals surface area (Å²) < 4.78 is 0. The summed E-state index contributed by atoms with van der Waals surface area (Å²) >= 11 is 1.58. The van der Waals surface area contributed by atoms with E-state index in [0.29, 0.717) is 6.42 Å². The average molecular weight is 223 g/mol. The predicted molar refractivity (Wildman–Crippen MR) is 61.0 cm³/mol. The number of benzene rings is 1. The van der Waals surface area contributed by atoms with E-state index in [1.54, 1.807) is 11.8 Å². The lowest BCUT2D eigenvalue weighted by Gasteiger charge is -2.23. The first-order valence-corrected chi connectivity index (χ1v) is 5.86. The fourth-order valence-electron chi connectivity index (χ4n) is 1.56. The van der Waals surface area contributed by atoms with Gasteiger partial charge in [-0.3, -0.25) is 4.79 Å². The third-order valence-corrected chi connectivity index (χ3v) is 3.68. The number of aliphatic hydroxyl groups is 1. The Kier molecular flexibility index (Phi) is 3.28. The second kappa shape index (κ2) is 4.68.